The Labute approximate surface area is 232 Å². The van der Waals surface area contributed by atoms with Crippen LogP contribution in [0.3, 0.4) is 0 Å². The Hall–Kier alpha value is -3.52. The van der Waals surface area contributed by atoms with Crippen LogP contribution in [0.4, 0.5) is 25.8 Å². The third-order valence-corrected chi connectivity index (χ3v) is 8.34. The average molecular weight is 575 g/mol. The number of aromatic nitrogens is 1. The monoisotopic (exact) mass is 574 g/mol. The highest BCUT2D eigenvalue weighted by Crippen LogP contribution is 2.38. The Bertz CT molecular complexity index is 1470. The molecule has 2 aliphatic heterocycles. The number of hydrogen-bond donors (Lipinski definition) is 3. The molecular weight excluding hydrogens is 542 g/mol. The van der Waals surface area contributed by atoms with Gasteiger partial charge in [-0.2, -0.15) is 0 Å². The number of nitrogens with one attached hydrogen (secondary N) is 2. The number of nitrogens with two attached hydrogens (primary N) is 1. The highest BCUT2D eigenvalue weighted by atomic mass is 32.2. The minimum atomic E-state index is -4.40. The summed E-state index contributed by atoms with van der Waals surface area (Å²) in [7, 11) is -3.05. The number of hydrogen-bond acceptors (Lipinski definition) is 9. The van der Waals surface area contributed by atoms with Crippen molar-refractivity contribution in [3.05, 3.63) is 60.3 Å². The molecule has 3 heterocycles. The summed E-state index contributed by atoms with van der Waals surface area (Å²) in [5.41, 5.74) is 9.60. The lowest BCUT2D eigenvalue weighted by molar-refractivity contribution is 0.141. The van der Waals surface area contributed by atoms with E-state index in [0.717, 1.165) is 81.3 Å². The molecule has 1 unspecified atom stereocenters. The van der Waals surface area contributed by atoms with Gasteiger partial charge in [-0.25, -0.2) is 22.2 Å². The zero-order chi connectivity index (χ0) is 28.3. The normalized spacial score (nSPS) is 17.7. The van der Waals surface area contributed by atoms with E-state index in [0.29, 0.717) is 11.6 Å². The quantitative estimate of drug-likeness (QED) is 0.353. The van der Waals surface area contributed by atoms with Crippen molar-refractivity contribution < 1.29 is 26.7 Å². The van der Waals surface area contributed by atoms with Gasteiger partial charge in [0.15, 0.2) is 6.29 Å². The molecule has 4 N–H and O–H groups in total. The van der Waals surface area contributed by atoms with E-state index in [9.17, 15) is 17.2 Å². The smallest absolute Gasteiger partial charge is 0.264 e. The molecule has 10 nitrogen and oxygen atoms in total. The lowest BCUT2D eigenvalue weighted by atomic mass is 10.1. The van der Waals surface area contributed by atoms with E-state index in [1.807, 2.05) is 18.2 Å². The van der Waals surface area contributed by atoms with Gasteiger partial charge in [-0.15, -0.1) is 0 Å². The predicted octanol–water partition coefficient (Wildman–Crippen LogP) is 3.42. The van der Waals surface area contributed by atoms with Crippen molar-refractivity contribution in [2.45, 2.75) is 24.0 Å². The van der Waals surface area contributed by atoms with E-state index in [-0.39, 0.29) is 17.9 Å². The number of benzene rings is 2. The number of ether oxygens (including phenoxy) is 2. The topological polar surface area (TPSA) is 122 Å². The minimum Gasteiger partial charge on any atom is -0.480 e. The molecule has 0 saturated carbocycles. The van der Waals surface area contributed by atoms with Gasteiger partial charge in [0.05, 0.1) is 25.1 Å². The lowest BCUT2D eigenvalue weighted by Gasteiger charge is -2.26. The van der Waals surface area contributed by atoms with Crippen LogP contribution in [0.5, 0.6) is 5.88 Å². The first-order chi connectivity index (χ1) is 19.2. The van der Waals surface area contributed by atoms with Crippen LogP contribution in [0.25, 0.3) is 11.1 Å². The van der Waals surface area contributed by atoms with Gasteiger partial charge in [0.1, 0.15) is 22.2 Å². The molecule has 0 amide bonds. The summed E-state index contributed by atoms with van der Waals surface area (Å²) in [5, 5.41) is 3.29. The molecule has 1 aromatic heterocycles. The molecule has 1 atom stereocenters. The van der Waals surface area contributed by atoms with E-state index in [2.05, 4.69) is 24.8 Å². The van der Waals surface area contributed by atoms with Crippen LogP contribution in [0, 0.1) is 11.6 Å². The molecule has 0 bridgehead atoms. The van der Waals surface area contributed by atoms with E-state index >= 15 is 0 Å². The fourth-order valence-electron chi connectivity index (χ4n) is 4.94. The van der Waals surface area contributed by atoms with Gasteiger partial charge in [-0.05, 0) is 55.3 Å². The number of pyridine rings is 1. The lowest BCUT2D eigenvalue weighted by Crippen LogP contribution is -2.44. The Kier molecular flexibility index (Phi) is 8.35. The average Bonchev–Trinajstić information content (AvgIpc) is 3.05. The molecule has 0 aliphatic carbocycles. The zero-order valence-electron chi connectivity index (χ0n) is 22.1. The van der Waals surface area contributed by atoms with Gasteiger partial charge < -0.3 is 24.6 Å². The molecule has 2 aromatic carbocycles. The number of halogens is 2. The van der Waals surface area contributed by atoms with E-state index in [1.54, 1.807) is 12.3 Å². The second-order valence-corrected chi connectivity index (χ2v) is 11.3. The molecule has 13 heteroatoms. The minimum absolute atomic E-state index is 0.000216. The number of rotatable bonds is 9. The molecular formula is C27H32F2N6O4S. The maximum Gasteiger partial charge on any atom is 0.264 e. The van der Waals surface area contributed by atoms with Crippen molar-refractivity contribution in [3.8, 4) is 17.0 Å². The van der Waals surface area contributed by atoms with Gasteiger partial charge in [0.2, 0.25) is 5.88 Å². The van der Waals surface area contributed by atoms with Crippen LogP contribution in [0.1, 0.15) is 12.8 Å². The predicted molar refractivity (Wildman–Crippen MR) is 149 cm³/mol. The number of sulfonamides is 1. The highest BCUT2D eigenvalue weighted by molar-refractivity contribution is 7.92. The van der Waals surface area contributed by atoms with Crippen LogP contribution >= 0.6 is 0 Å². The van der Waals surface area contributed by atoms with E-state index < -0.39 is 26.6 Å². The number of methoxy groups -OCH3 is 1. The fourth-order valence-corrected chi connectivity index (χ4v) is 6.05. The van der Waals surface area contributed by atoms with Gasteiger partial charge in [0.25, 0.3) is 10.0 Å². The number of nitrogens with zero attached hydrogens (tertiary/aromatic N) is 3. The summed E-state index contributed by atoms with van der Waals surface area (Å²) in [4.78, 5) is 8.07. The van der Waals surface area contributed by atoms with Crippen molar-refractivity contribution in [2.75, 3.05) is 61.4 Å². The van der Waals surface area contributed by atoms with Crippen LogP contribution in [0.2, 0.25) is 0 Å². The number of fused-ring (bicyclic) bond motifs is 1. The van der Waals surface area contributed by atoms with Crippen LogP contribution in [-0.2, 0) is 14.8 Å². The summed E-state index contributed by atoms with van der Waals surface area (Å²) >= 11 is 0. The molecule has 3 aromatic rings. The molecule has 5 rings (SSSR count). The molecule has 0 radical (unpaired) electrons. The second-order valence-electron chi connectivity index (χ2n) is 9.64. The summed E-state index contributed by atoms with van der Waals surface area (Å²) in [6, 6.07) is 9.57. The van der Waals surface area contributed by atoms with Crippen molar-refractivity contribution >= 4 is 27.1 Å². The van der Waals surface area contributed by atoms with Crippen molar-refractivity contribution in [2.24, 2.45) is 5.73 Å². The van der Waals surface area contributed by atoms with Crippen molar-refractivity contribution in [1.29, 1.82) is 0 Å². The van der Waals surface area contributed by atoms with Crippen LogP contribution < -0.4 is 25.4 Å². The first-order valence-corrected chi connectivity index (χ1v) is 14.5. The van der Waals surface area contributed by atoms with Gasteiger partial charge in [0, 0.05) is 44.1 Å². The highest BCUT2D eigenvalue weighted by Gasteiger charge is 2.27. The van der Waals surface area contributed by atoms with Gasteiger partial charge in [-0.3, -0.25) is 10.5 Å². The first-order valence-electron chi connectivity index (χ1n) is 13.0. The molecule has 1 fully saturated rings. The SMILES string of the molecule is COc1ncc(-c2ccc3c(c2)N(CCCN2CCCOCC2)C(N)N3)cc1NS(=O)(=O)c1ccc(F)cc1F. The molecule has 0 spiro atoms. The van der Waals surface area contributed by atoms with Crippen LogP contribution in [0.15, 0.2) is 53.6 Å². The Balaban J connectivity index is 1.36. The summed E-state index contributed by atoms with van der Waals surface area (Å²) < 4.78 is 66.5. The maximum atomic E-state index is 14.2. The molecule has 40 heavy (non-hydrogen) atoms. The summed E-state index contributed by atoms with van der Waals surface area (Å²) in [5.74, 6) is -2.09. The molecule has 2 aliphatic rings. The summed E-state index contributed by atoms with van der Waals surface area (Å²) in [6.45, 7) is 5.20. The molecule has 214 valence electrons. The maximum absolute atomic E-state index is 14.2. The zero-order valence-corrected chi connectivity index (χ0v) is 22.9. The standard InChI is InChI=1S/C27H32F2N6O4S/c1-38-26-23(33-40(36,37)25-7-5-20(28)16-21(25)29)14-19(17-31-26)18-4-6-22-24(15-18)35(27(30)32-22)10-2-8-34-9-3-12-39-13-11-34/h4-7,14-17,27,32-33H,2-3,8-13,30H2,1H3. The second kappa shape index (κ2) is 11.9. The fraction of sp³-hybridized carbons (Fsp3) is 0.370. The van der Waals surface area contributed by atoms with Crippen LogP contribution in [-0.4, -0.2) is 71.1 Å². The van der Waals surface area contributed by atoms with E-state index in [1.165, 1.54) is 7.11 Å². The Morgan fingerprint density at radius 2 is 1.98 bits per heavy atom. The third kappa shape index (κ3) is 6.12. The van der Waals surface area contributed by atoms with Gasteiger partial charge in [-0.1, -0.05) is 6.07 Å². The Morgan fingerprint density at radius 1 is 1.12 bits per heavy atom. The van der Waals surface area contributed by atoms with E-state index in [4.69, 9.17) is 15.2 Å². The van der Waals surface area contributed by atoms with Crippen molar-refractivity contribution in [1.82, 2.24) is 9.88 Å². The molecule has 1 saturated heterocycles. The Morgan fingerprint density at radius 3 is 2.77 bits per heavy atom. The van der Waals surface area contributed by atoms with Gasteiger partial charge >= 0.3 is 0 Å². The van der Waals surface area contributed by atoms with Crippen molar-refractivity contribution in [3.63, 3.8) is 0 Å². The first kappa shape index (κ1) is 28.0. The number of anilines is 3. The largest absolute Gasteiger partial charge is 0.480 e. The third-order valence-electron chi connectivity index (χ3n) is 6.94. The summed E-state index contributed by atoms with van der Waals surface area (Å²) in [6.07, 6.45) is 3.14.